The van der Waals surface area contributed by atoms with Crippen molar-refractivity contribution < 1.29 is 14.1 Å². The molecule has 1 amide bonds. The number of aryl methyl sites for hydroxylation is 1. The summed E-state index contributed by atoms with van der Waals surface area (Å²) in [6.45, 7) is 4.11. The number of halogens is 1. The molecule has 0 saturated heterocycles. The third kappa shape index (κ3) is 4.84. The summed E-state index contributed by atoms with van der Waals surface area (Å²) in [5, 5.41) is 18.2. The lowest BCUT2D eigenvalue weighted by Gasteiger charge is -2.07. The van der Waals surface area contributed by atoms with Crippen LogP contribution in [0.3, 0.4) is 0 Å². The van der Waals surface area contributed by atoms with Crippen molar-refractivity contribution in [2.24, 2.45) is 0 Å². The predicted octanol–water partition coefficient (Wildman–Crippen LogP) is 3.57. The Kier molecular flexibility index (Phi) is 6.01. The monoisotopic (exact) mass is 396 g/mol. The molecule has 29 heavy (non-hydrogen) atoms. The molecule has 0 radical (unpaired) electrons. The van der Waals surface area contributed by atoms with Gasteiger partial charge in [-0.05, 0) is 55.7 Å². The Morgan fingerprint density at radius 1 is 1.10 bits per heavy atom. The van der Waals surface area contributed by atoms with Gasteiger partial charge in [-0.1, -0.05) is 24.3 Å². The summed E-state index contributed by atoms with van der Waals surface area (Å²) >= 11 is 0. The largest absolute Gasteiger partial charge is 0.352 e. The number of nitrogens with one attached hydrogen (secondary N) is 1. The minimum Gasteiger partial charge on any atom is -0.352 e. The maximum atomic E-state index is 12.9. The first-order valence-electron chi connectivity index (χ1n) is 9.15. The standard InChI is InChI=1S/C21H21FN4O3/c1-14-20(26(28)29)15(2)25(24-14)13-17-3-7-18(8-4-17)21(27)23-12-11-16-5-9-19(22)10-6-16/h3-10H,11-13H2,1-2H3,(H,23,27). The third-order valence-corrected chi connectivity index (χ3v) is 4.69. The zero-order valence-corrected chi connectivity index (χ0v) is 16.2. The van der Waals surface area contributed by atoms with Crippen molar-refractivity contribution in [3.05, 3.63) is 92.5 Å². The number of nitro groups is 1. The van der Waals surface area contributed by atoms with Crippen molar-refractivity contribution >= 4 is 11.6 Å². The van der Waals surface area contributed by atoms with Gasteiger partial charge in [0.25, 0.3) is 5.91 Å². The van der Waals surface area contributed by atoms with Crippen molar-refractivity contribution in [2.75, 3.05) is 6.54 Å². The summed E-state index contributed by atoms with van der Waals surface area (Å²) in [7, 11) is 0. The number of rotatable bonds is 7. The molecule has 1 aromatic heterocycles. The van der Waals surface area contributed by atoms with Crippen LogP contribution in [0.5, 0.6) is 0 Å². The lowest BCUT2D eigenvalue weighted by Crippen LogP contribution is -2.25. The molecule has 7 nitrogen and oxygen atoms in total. The zero-order chi connectivity index (χ0) is 21.0. The number of nitrogens with zero attached hydrogens (tertiary/aromatic N) is 3. The van der Waals surface area contributed by atoms with Crippen molar-refractivity contribution in [2.45, 2.75) is 26.8 Å². The van der Waals surface area contributed by atoms with E-state index in [1.807, 2.05) is 0 Å². The topological polar surface area (TPSA) is 90.1 Å². The van der Waals surface area contributed by atoms with E-state index in [1.165, 1.54) is 12.1 Å². The number of carbonyl (C=O) groups is 1. The Hall–Kier alpha value is -3.55. The lowest BCUT2D eigenvalue weighted by molar-refractivity contribution is -0.386. The van der Waals surface area contributed by atoms with E-state index in [1.54, 1.807) is 54.9 Å². The molecule has 0 aliphatic rings. The van der Waals surface area contributed by atoms with E-state index in [-0.39, 0.29) is 17.4 Å². The van der Waals surface area contributed by atoms with E-state index < -0.39 is 4.92 Å². The molecule has 0 unspecified atom stereocenters. The molecular weight excluding hydrogens is 375 g/mol. The highest BCUT2D eigenvalue weighted by Crippen LogP contribution is 2.22. The Bertz CT molecular complexity index is 1030. The van der Waals surface area contributed by atoms with E-state index in [0.29, 0.717) is 36.5 Å². The highest BCUT2D eigenvalue weighted by atomic mass is 19.1. The summed E-state index contributed by atoms with van der Waals surface area (Å²) in [5.41, 5.74) is 3.25. The molecule has 1 heterocycles. The first-order chi connectivity index (χ1) is 13.8. The normalized spacial score (nSPS) is 10.7. The molecule has 1 N–H and O–H groups in total. The SMILES string of the molecule is Cc1nn(Cc2ccc(C(=O)NCCc3ccc(F)cc3)cc2)c(C)c1[N+](=O)[O-]. The highest BCUT2D eigenvalue weighted by Gasteiger charge is 2.21. The maximum absolute atomic E-state index is 12.9. The molecule has 8 heteroatoms. The average Bonchev–Trinajstić information content (AvgIpc) is 2.97. The molecule has 0 spiro atoms. The van der Waals surface area contributed by atoms with Crippen LogP contribution >= 0.6 is 0 Å². The number of hydrogen-bond donors (Lipinski definition) is 1. The summed E-state index contributed by atoms with van der Waals surface area (Å²) in [6.07, 6.45) is 0.612. The van der Waals surface area contributed by atoms with Crippen LogP contribution in [0.25, 0.3) is 0 Å². The lowest BCUT2D eigenvalue weighted by atomic mass is 10.1. The van der Waals surface area contributed by atoms with Gasteiger partial charge < -0.3 is 5.32 Å². The first-order valence-corrected chi connectivity index (χ1v) is 9.15. The van der Waals surface area contributed by atoms with Crippen LogP contribution in [0.1, 0.15) is 32.9 Å². The molecule has 3 rings (SSSR count). The molecule has 150 valence electrons. The number of benzene rings is 2. The molecule has 0 atom stereocenters. The number of amides is 1. The van der Waals surface area contributed by atoms with Gasteiger partial charge in [0.2, 0.25) is 0 Å². The zero-order valence-electron chi connectivity index (χ0n) is 16.2. The predicted molar refractivity (Wildman–Crippen MR) is 106 cm³/mol. The molecular formula is C21H21FN4O3. The van der Waals surface area contributed by atoms with Gasteiger partial charge in [-0.2, -0.15) is 5.10 Å². The van der Waals surface area contributed by atoms with Crippen LogP contribution in [-0.2, 0) is 13.0 Å². The molecule has 0 aliphatic carbocycles. The van der Waals surface area contributed by atoms with E-state index in [0.717, 1.165) is 11.1 Å². The molecule has 3 aromatic rings. The van der Waals surface area contributed by atoms with Gasteiger partial charge in [0.1, 0.15) is 17.2 Å². The van der Waals surface area contributed by atoms with Crippen molar-refractivity contribution in [3.8, 4) is 0 Å². The van der Waals surface area contributed by atoms with Gasteiger partial charge >= 0.3 is 5.69 Å². The van der Waals surface area contributed by atoms with Gasteiger partial charge in [-0.25, -0.2) is 4.39 Å². The van der Waals surface area contributed by atoms with E-state index in [9.17, 15) is 19.3 Å². The number of carbonyl (C=O) groups excluding carboxylic acids is 1. The summed E-state index contributed by atoms with van der Waals surface area (Å²) in [6, 6.07) is 13.2. The van der Waals surface area contributed by atoms with Crippen LogP contribution in [0, 0.1) is 29.8 Å². The fraction of sp³-hybridized carbons (Fsp3) is 0.238. The van der Waals surface area contributed by atoms with Crippen LogP contribution in [-0.4, -0.2) is 27.2 Å². The van der Waals surface area contributed by atoms with Gasteiger partial charge in [-0.3, -0.25) is 19.6 Å². The summed E-state index contributed by atoms with van der Waals surface area (Å²) in [4.78, 5) is 23.0. The molecule has 0 saturated carbocycles. The van der Waals surface area contributed by atoms with Crippen LogP contribution in [0.2, 0.25) is 0 Å². The maximum Gasteiger partial charge on any atom is 0.312 e. The Balaban J connectivity index is 1.58. The number of aromatic nitrogens is 2. The van der Waals surface area contributed by atoms with Gasteiger partial charge in [0.05, 0.1) is 11.5 Å². The van der Waals surface area contributed by atoms with E-state index >= 15 is 0 Å². The van der Waals surface area contributed by atoms with Crippen LogP contribution in [0.4, 0.5) is 10.1 Å². The summed E-state index contributed by atoms with van der Waals surface area (Å²) in [5.74, 6) is -0.478. The first kappa shape index (κ1) is 20.2. The van der Waals surface area contributed by atoms with Gasteiger partial charge in [0.15, 0.2) is 0 Å². The fourth-order valence-electron chi connectivity index (χ4n) is 3.11. The quantitative estimate of drug-likeness (QED) is 0.488. The number of hydrogen-bond acceptors (Lipinski definition) is 4. The van der Waals surface area contributed by atoms with Crippen molar-refractivity contribution in [1.29, 1.82) is 0 Å². The van der Waals surface area contributed by atoms with Crippen molar-refractivity contribution in [1.82, 2.24) is 15.1 Å². The van der Waals surface area contributed by atoms with Crippen LogP contribution in [0.15, 0.2) is 48.5 Å². The Morgan fingerprint density at radius 3 is 2.31 bits per heavy atom. The molecule has 0 fully saturated rings. The Labute approximate surface area is 167 Å². The molecule has 2 aromatic carbocycles. The van der Waals surface area contributed by atoms with Crippen molar-refractivity contribution in [3.63, 3.8) is 0 Å². The van der Waals surface area contributed by atoms with E-state index in [2.05, 4.69) is 10.4 Å². The Morgan fingerprint density at radius 2 is 1.72 bits per heavy atom. The molecule has 0 bridgehead atoms. The minimum absolute atomic E-state index is 0.0298. The smallest absolute Gasteiger partial charge is 0.312 e. The molecule has 0 aliphatic heterocycles. The fourth-order valence-corrected chi connectivity index (χ4v) is 3.11. The second-order valence-corrected chi connectivity index (χ2v) is 6.76. The second kappa shape index (κ2) is 8.64. The minimum atomic E-state index is -0.423. The van der Waals surface area contributed by atoms with Gasteiger partial charge in [0, 0.05) is 12.1 Å². The average molecular weight is 396 g/mol. The van der Waals surface area contributed by atoms with Crippen LogP contribution < -0.4 is 5.32 Å². The van der Waals surface area contributed by atoms with E-state index in [4.69, 9.17) is 0 Å². The van der Waals surface area contributed by atoms with Gasteiger partial charge in [-0.15, -0.1) is 0 Å². The highest BCUT2D eigenvalue weighted by molar-refractivity contribution is 5.94. The second-order valence-electron chi connectivity index (χ2n) is 6.76. The summed E-state index contributed by atoms with van der Waals surface area (Å²) < 4.78 is 14.5. The third-order valence-electron chi connectivity index (χ3n) is 4.69.